The second-order valence-electron chi connectivity index (χ2n) is 6.01. The first-order chi connectivity index (χ1) is 6.34. The van der Waals surface area contributed by atoms with Crippen molar-refractivity contribution in [2.24, 2.45) is 10.8 Å². The van der Waals surface area contributed by atoms with Crippen LogP contribution in [0, 0.1) is 10.8 Å². The van der Waals surface area contributed by atoms with E-state index in [1.165, 1.54) is 12.8 Å². The summed E-state index contributed by atoms with van der Waals surface area (Å²) in [5.41, 5.74) is 0.376. The van der Waals surface area contributed by atoms with Crippen LogP contribution >= 0.6 is 0 Å². The summed E-state index contributed by atoms with van der Waals surface area (Å²) in [5, 5.41) is 9.19. The number of rotatable bonds is 2. The van der Waals surface area contributed by atoms with Crippen molar-refractivity contribution in [3.8, 4) is 0 Å². The van der Waals surface area contributed by atoms with E-state index in [0.29, 0.717) is 5.41 Å². The zero-order valence-electron chi connectivity index (χ0n) is 9.21. The quantitative estimate of drug-likeness (QED) is 0.730. The standard InChI is InChI=1S/C11H19NO2/c1-10(2,3)8(9(13)14)12-6-11(7-12)4-5-11/h8H,4-7H2,1-3H3,(H,13,14). The molecule has 14 heavy (non-hydrogen) atoms. The van der Waals surface area contributed by atoms with Gasteiger partial charge in [-0.05, 0) is 23.7 Å². The van der Waals surface area contributed by atoms with E-state index in [2.05, 4.69) is 4.90 Å². The van der Waals surface area contributed by atoms with Crippen LogP contribution in [0.2, 0.25) is 0 Å². The molecule has 1 saturated heterocycles. The maximum absolute atomic E-state index is 11.2. The van der Waals surface area contributed by atoms with Gasteiger partial charge in [-0.3, -0.25) is 9.69 Å². The highest BCUT2D eigenvalue weighted by Gasteiger charge is 2.56. The van der Waals surface area contributed by atoms with Gasteiger partial charge in [0.05, 0.1) is 0 Å². The van der Waals surface area contributed by atoms with Crippen LogP contribution in [0.5, 0.6) is 0 Å². The molecule has 1 spiro atoms. The number of nitrogens with zero attached hydrogens (tertiary/aromatic N) is 1. The van der Waals surface area contributed by atoms with Gasteiger partial charge in [-0.2, -0.15) is 0 Å². The Morgan fingerprint density at radius 2 is 1.86 bits per heavy atom. The second kappa shape index (κ2) is 2.72. The van der Waals surface area contributed by atoms with E-state index in [0.717, 1.165) is 13.1 Å². The minimum atomic E-state index is -0.673. The predicted molar refractivity (Wildman–Crippen MR) is 54.1 cm³/mol. The van der Waals surface area contributed by atoms with Crippen LogP contribution < -0.4 is 0 Å². The smallest absolute Gasteiger partial charge is 0.321 e. The van der Waals surface area contributed by atoms with Gasteiger partial charge in [-0.15, -0.1) is 0 Å². The van der Waals surface area contributed by atoms with Gasteiger partial charge < -0.3 is 5.11 Å². The molecule has 80 valence electrons. The Morgan fingerprint density at radius 1 is 1.36 bits per heavy atom. The maximum atomic E-state index is 11.2. The van der Waals surface area contributed by atoms with Crippen LogP contribution in [0.1, 0.15) is 33.6 Å². The minimum absolute atomic E-state index is 0.164. The molecule has 0 bridgehead atoms. The first-order valence-corrected chi connectivity index (χ1v) is 5.31. The van der Waals surface area contributed by atoms with Crippen LogP contribution in [0.25, 0.3) is 0 Å². The summed E-state index contributed by atoms with van der Waals surface area (Å²) in [6.07, 6.45) is 2.61. The molecule has 0 aromatic rings. The molecule has 2 rings (SSSR count). The van der Waals surface area contributed by atoms with Gasteiger partial charge in [0.1, 0.15) is 6.04 Å². The van der Waals surface area contributed by atoms with E-state index in [4.69, 9.17) is 0 Å². The summed E-state index contributed by atoms with van der Waals surface area (Å²) in [6.45, 7) is 8.01. The summed E-state index contributed by atoms with van der Waals surface area (Å²) in [7, 11) is 0. The summed E-state index contributed by atoms with van der Waals surface area (Å²) in [5.74, 6) is -0.673. The molecule has 1 unspecified atom stereocenters. The summed E-state index contributed by atoms with van der Waals surface area (Å²) in [4.78, 5) is 13.3. The number of carbonyl (C=O) groups is 1. The van der Waals surface area contributed by atoms with Crippen molar-refractivity contribution in [1.29, 1.82) is 0 Å². The number of aliphatic carboxylic acids is 1. The van der Waals surface area contributed by atoms with Crippen molar-refractivity contribution in [3.05, 3.63) is 0 Å². The molecule has 1 saturated carbocycles. The zero-order chi connectivity index (χ0) is 10.6. The first-order valence-electron chi connectivity index (χ1n) is 5.31. The van der Waals surface area contributed by atoms with Crippen molar-refractivity contribution in [3.63, 3.8) is 0 Å². The van der Waals surface area contributed by atoms with Gasteiger partial charge in [0.25, 0.3) is 0 Å². The Morgan fingerprint density at radius 3 is 2.14 bits per heavy atom. The SMILES string of the molecule is CC(C)(C)C(C(=O)O)N1CC2(CC2)C1. The van der Waals surface area contributed by atoms with Crippen molar-refractivity contribution >= 4 is 5.97 Å². The molecule has 1 aliphatic carbocycles. The van der Waals surface area contributed by atoms with E-state index in [1.54, 1.807) is 0 Å². The monoisotopic (exact) mass is 197 g/mol. The number of carboxylic acids is 1. The second-order valence-corrected chi connectivity index (χ2v) is 6.01. The molecule has 1 heterocycles. The molecule has 3 nitrogen and oxygen atoms in total. The van der Waals surface area contributed by atoms with Gasteiger partial charge in [-0.25, -0.2) is 0 Å². The lowest BCUT2D eigenvalue weighted by Gasteiger charge is -2.47. The Bertz CT molecular complexity index is 255. The zero-order valence-corrected chi connectivity index (χ0v) is 9.21. The van der Waals surface area contributed by atoms with Crippen LogP contribution in [-0.2, 0) is 4.79 Å². The highest BCUT2D eigenvalue weighted by Crippen LogP contribution is 2.54. The van der Waals surface area contributed by atoms with Gasteiger partial charge in [0.2, 0.25) is 0 Å². The number of hydrogen-bond donors (Lipinski definition) is 1. The average Bonchev–Trinajstić information content (AvgIpc) is 2.60. The summed E-state index contributed by atoms with van der Waals surface area (Å²) >= 11 is 0. The Hall–Kier alpha value is -0.570. The van der Waals surface area contributed by atoms with E-state index in [1.807, 2.05) is 20.8 Å². The van der Waals surface area contributed by atoms with Gasteiger partial charge in [0.15, 0.2) is 0 Å². The molecule has 0 aromatic carbocycles. The van der Waals surface area contributed by atoms with Gasteiger partial charge >= 0.3 is 5.97 Å². The summed E-state index contributed by atoms with van der Waals surface area (Å²) in [6, 6.07) is -0.311. The highest BCUT2D eigenvalue weighted by atomic mass is 16.4. The number of hydrogen-bond acceptors (Lipinski definition) is 2. The third kappa shape index (κ3) is 1.54. The maximum Gasteiger partial charge on any atom is 0.321 e. The molecule has 1 atom stereocenters. The Balaban J connectivity index is 2.02. The fraction of sp³-hybridized carbons (Fsp3) is 0.909. The topological polar surface area (TPSA) is 40.5 Å². The lowest BCUT2D eigenvalue weighted by molar-refractivity contribution is -0.152. The fourth-order valence-electron chi connectivity index (χ4n) is 2.57. The lowest BCUT2D eigenvalue weighted by atomic mass is 9.81. The normalized spacial score (nSPS) is 27.1. The third-order valence-electron chi connectivity index (χ3n) is 3.45. The molecule has 3 heteroatoms. The Kier molecular flexibility index (Phi) is 1.94. The van der Waals surface area contributed by atoms with Crippen LogP contribution in [0.4, 0.5) is 0 Å². The van der Waals surface area contributed by atoms with Crippen molar-refractivity contribution in [1.82, 2.24) is 4.90 Å². The lowest BCUT2D eigenvalue weighted by Crippen LogP contribution is -2.60. The number of carboxylic acid groups (broad SMARTS) is 1. The molecule has 2 aliphatic rings. The molecule has 0 radical (unpaired) electrons. The van der Waals surface area contributed by atoms with Crippen molar-refractivity contribution in [2.45, 2.75) is 39.7 Å². The van der Waals surface area contributed by atoms with E-state index < -0.39 is 5.97 Å². The molecular formula is C11H19NO2. The molecule has 2 fully saturated rings. The molecule has 1 aliphatic heterocycles. The largest absolute Gasteiger partial charge is 0.480 e. The summed E-state index contributed by atoms with van der Waals surface area (Å²) < 4.78 is 0. The van der Waals surface area contributed by atoms with Crippen LogP contribution in [0.3, 0.4) is 0 Å². The third-order valence-corrected chi connectivity index (χ3v) is 3.45. The number of likely N-dealkylation sites (tertiary alicyclic amines) is 1. The van der Waals surface area contributed by atoms with Gasteiger partial charge in [0, 0.05) is 13.1 Å². The fourth-order valence-corrected chi connectivity index (χ4v) is 2.57. The minimum Gasteiger partial charge on any atom is -0.480 e. The molecule has 0 amide bonds. The van der Waals surface area contributed by atoms with Crippen LogP contribution in [-0.4, -0.2) is 35.1 Å². The van der Waals surface area contributed by atoms with Crippen molar-refractivity contribution in [2.75, 3.05) is 13.1 Å². The first kappa shape index (κ1) is 9.97. The van der Waals surface area contributed by atoms with E-state index in [9.17, 15) is 9.90 Å². The van der Waals surface area contributed by atoms with Crippen LogP contribution in [0.15, 0.2) is 0 Å². The molecule has 1 N–H and O–H groups in total. The van der Waals surface area contributed by atoms with Gasteiger partial charge in [-0.1, -0.05) is 20.8 Å². The van der Waals surface area contributed by atoms with Crippen molar-refractivity contribution < 1.29 is 9.90 Å². The van der Waals surface area contributed by atoms with E-state index >= 15 is 0 Å². The molecule has 0 aromatic heterocycles. The van der Waals surface area contributed by atoms with E-state index in [-0.39, 0.29) is 11.5 Å². The average molecular weight is 197 g/mol. The highest BCUT2D eigenvalue weighted by molar-refractivity contribution is 5.74. The predicted octanol–water partition coefficient (Wildman–Crippen LogP) is 1.58. The molecular weight excluding hydrogens is 178 g/mol. The Labute approximate surface area is 85.1 Å².